The van der Waals surface area contributed by atoms with Gasteiger partial charge < -0.3 is 10.2 Å². The summed E-state index contributed by atoms with van der Waals surface area (Å²) >= 11 is 0. The molecular formula is C10H6F6O4. The van der Waals surface area contributed by atoms with Crippen molar-refractivity contribution in [2.24, 2.45) is 0 Å². The second kappa shape index (κ2) is 4.84. The molecule has 0 aromatic heterocycles. The summed E-state index contributed by atoms with van der Waals surface area (Å²) in [5, 5.41) is 17.5. The number of alkyl halides is 6. The fourth-order valence-electron chi connectivity index (χ4n) is 1.51. The minimum absolute atomic E-state index is 1.32. The molecule has 0 aromatic carbocycles. The van der Waals surface area contributed by atoms with E-state index >= 15 is 0 Å². The Morgan fingerprint density at radius 2 is 1.00 bits per heavy atom. The number of carbonyl (C=O) groups is 2. The number of allylic oxidation sites excluding steroid dienone is 4. The van der Waals surface area contributed by atoms with Crippen molar-refractivity contribution in [3.63, 3.8) is 0 Å². The van der Waals surface area contributed by atoms with Gasteiger partial charge in [0.05, 0.1) is 11.1 Å². The summed E-state index contributed by atoms with van der Waals surface area (Å²) in [6.45, 7) is 0. The van der Waals surface area contributed by atoms with E-state index < -0.39 is 59.4 Å². The first kappa shape index (κ1) is 16.1. The lowest BCUT2D eigenvalue weighted by atomic mass is 9.86. The van der Waals surface area contributed by atoms with Crippen molar-refractivity contribution >= 4 is 11.6 Å². The van der Waals surface area contributed by atoms with Crippen molar-refractivity contribution in [3.05, 3.63) is 22.7 Å². The number of hydrogen-bond acceptors (Lipinski definition) is 4. The van der Waals surface area contributed by atoms with Crippen LogP contribution in [0.4, 0.5) is 26.3 Å². The van der Waals surface area contributed by atoms with Crippen molar-refractivity contribution in [3.8, 4) is 0 Å². The van der Waals surface area contributed by atoms with Crippen LogP contribution in [0.5, 0.6) is 0 Å². The zero-order chi connectivity index (χ0) is 15.9. The molecule has 1 rings (SSSR count). The Kier molecular flexibility index (Phi) is 3.88. The summed E-state index contributed by atoms with van der Waals surface area (Å²) in [6.07, 6.45) is -13.3. The number of aliphatic hydroxyl groups excluding tert-OH is 2. The molecule has 0 saturated heterocycles. The third kappa shape index (κ3) is 3.11. The van der Waals surface area contributed by atoms with Gasteiger partial charge in [0.15, 0.2) is 11.6 Å². The van der Waals surface area contributed by atoms with E-state index in [0.717, 1.165) is 0 Å². The number of Topliss-reactive ketones (excluding diaryl/α,β-unsaturated/α-hetero) is 2. The van der Waals surface area contributed by atoms with Crippen LogP contribution in [0.15, 0.2) is 22.7 Å². The lowest BCUT2D eigenvalue weighted by Gasteiger charge is -2.19. The van der Waals surface area contributed by atoms with Crippen LogP contribution in [-0.4, -0.2) is 34.1 Å². The summed E-state index contributed by atoms with van der Waals surface area (Å²) in [6, 6.07) is 0. The molecule has 0 bridgehead atoms. The van der Waals surface area contributed by atoms with Crippen LogP contribution in [0.3, 0.4) is 0 Å². The van der Waals surface area contributed by atoms with Gasteiger partial charge in [0.1, 0.15) is 0 Å². The maximum absolute atomic E-state index is 12.2. The molecule has 1 saturated carbocycles. The Hall–Kier alpha value is -2.00. The zero-order valence-corrected chi connectivity index (χ0v) is 9.39. The highest BCUT2D eigenvalue weighted by atomic mass is 19.4. The largest absolute Gasteiger partial charge is 0.504 e. The molecule has 1 aliphatic rings. The second-order valence-corrected chi connectivity index (χ2v) is 3.85. The molecule has 0 aliphatic heterocycles. The Labute approximate surface area is 107 Å². The normalized spacial score (nSPS) is 22.9. The van der Waals surface area contributed by atoms with E-state index in [0.29, 0.717) is 0 Å². The van der Waals surface area contributed by atoms with Gasteiger partial charge in [-0.3, -0.25) is 9.59 Å². The number of ketones is 2. The summed E-state index contributed by atoms with van der Waals surface area (Å²) < 4.78 is 73.0. The van der Waals surface area contributed by atoms with Gasteiger partial charge in [-0.05, 0) is 0 Å². The highest BCUT2D eigenvalue weighted by molar-refractivity contribution is 6.14. The van der Waals surface area contributed by atoms with E-state index in [9.17, 15) is 35.9 Å². The number of aliphatic hydroxyl groups is 2. The Morgan fingerprint density at radius 3 is 1.20 bits per heavy atom. The van der Waals surface area contributed by atoms with E-state index in [1.54, 1.807) is 0 Å². The number of hydrogen-bond donors (Lipinski definition) is 2. The molecule has 0 spiro atoms. The van der Waals surface area contributed by atoms with Crippen LogP contribution in [0.2, 0.25) is 0 Å². The van der Waals surface area contributed by atoms with E-state index in [2.05, 4.69) is 0 Å². The number of rotatable bonds is 0. The summed E-state index contributed by atoms with van der Waals surface area (Å²) in [7, 11) is 0. The van der Waals surface area contributed by atoms with Gasteiger partial charge in [0.25, 0.3) is 0 Å². The monoisotopic (exact) mass is 304 g/mol. The lowest BCUT2D eigenvalue weighted by Crippen LogP contribution is -2.28. The standard InChI is InChI=1S/C10H6F6O4/c11-9(12,13)7(19)3-1-5(17)4(2-6(3)18)8(20)10(14,15)16/h19-20H,1-2H2. The van der Waals surface area contributed by atoms with Crippen molar-refractivity contribution < 1.29 is 46.1 Å². The van der Waals surface area contributed by atoms with Crippen molar-refractivity contribution in [1.29, 1.82) is 0 Å². The maximum Gasteiger partial charge on any atom is 0.449 e. The van der Waals surface area contributed by atoms with Gasteiger partial charge in [0.2, 0.25) is 11.5 Å². The molecule has 0 radical (unpaired) electrons. The molecule has 10 heteroatoms. The van der Waals surface area contributed by atoms with Gasteiger partial charge in [-0.1, -0.05) is 0 Å². The van der Waals surface area contributed by atoms with Crippen LogP contribution in [0, 0.1) is 0 Å². The van der Waals surface area contributed by atoms with Crippen LogP contribution in [-0.2, 0) is 9.59 Å². The fraction of sp³-hybridized carbons (Fsp3) is 0.400. The Morgan fingerprint density at radius 1 is 0.750 bits per heavy atom. The molecule has 0 unspecified atom stereocenters. The average Bonchev–Trinajstić information content (AvgIpc) is 2.27. The minimum Gasteiger partial charge on any atom is -0.504 e. The SMILES string of the molecule is O=C1CC(=C(O)C(F)(F)F)C(=O)CC1=C(O)C(F)(F)F. The molecule has 2 N–H and O–H groups in total. The van der Waals surface area contributed by atoms with E-state index in [4.69, 9.17) is 10.2 Å². The quantitative estimate of drug-likeness (QED) is 0.410. The lowest BCUT2D eigenvalue weighted by molar-refractivity contribution is -0.133. The summed E-state index contributed by atoms with van der Waals surface area (Å²) in [5.74, 6) is -7.65. The molecule has 1 aliphatic carbocycles. The molecule has 20 heavy (non-hydrogen) atoms. The molecule has 0 heterocycles. The smallest absolute Gasteiger partial charge is 0.449 e. The van der Waals surface area contributed by atoms with Crippen LogP contribution < -0.4 is 0 Å². The first-order valence-corrected chi connectivity index (χ1v) is 4.90. The Bertz CT molecular complexity index is 475. The van der Waals surface area contributed by atoms with Gasteiger partial charge >= 0.3 is 12.4 Å². The zero-order valence-electron chi connectivity index (χ0n) is 9.39. The summed E-state index contributed by atoms with van der Waals surface area (Å²) in [4.78, 5) is 22.6. The van der Waals surface area contributed by atoms with Crippen molar-refractivity contribution in [2.75, 3.05) is 0 Å². The average molecular weight is 304 g/mol. The Balaban J connectivity index is 3.24. The minimum atomic E-state index is -5.29. The van der Waals surface area contributed by atoms with Crippen LogP contribution >= 0.6 is 0 Å². The number of carbonyl (C=O) groups excluding carboxylic acids is 2. The van der Waals surface area contributed by atoms with Gasteiger partial charge in [-0.25, -0.2) is 0 Å². The van der Waals surface area contributed by atoms with Crippen molar-refractivity contribution in [1.82, 2.24) is 0 Å². The van der Waals surface area contributed by atoms with Gasteiger partial charge in [0, 0.05) is 12.8 Å². The highest BCUT2D eigenvalue weighted by Gasteiger charge is 2.44. The first-order valence-electron chi connectivity index (χ1n) is 4.90. The molecule has 4 nitrogen and oxygen atoms in total. The van der Waals surface area contributed by atoms with Crippen molar-refractivity contribution in [2.45, 2.75) is 25.2 Å². The maximum atomic E-state index is 12.2. The molecule has 112 valence electrons. The van der Waals surface area contributed by atoms with Gasteiger partial charge in [-0.15, -0.1) is 0 Å². The van der Waals surface area contributed by atoms with E-state index in [-0.39, 0.29) is 0 Å². The highest BCUT2D eigenvalue weighted by Crippen LogP contribution is 2.35. The topological polar surface area (TPSA) is 74.6 Å². The second-order valence-electron chi connectivity index (χ2n) is 3.85. The molecule has 1 fully saturated rings. The third-order valence-electron chi connectivity index (χ3n) is 2.46. The number of halogens is 6. The molecule has 0 atom stereocenters. The van der Waals surface area contributed by atoms with Crippen LogP contribution in [0.25, 0.3) is 0 Å². The molecule has 0 amide bonds. The predicted octanol–water partition coefficient (Wildman–Crippen LogP) is 2.67. The fourth-order valence-corrected chi connectivity index (χ4v) is 1.51. The van der Waals surface area contributed by atoms with E-state index in [1.165, 1.54) is 0 Å². The molecular weight excluding hydrogens is 298 g/mol. The van der Waals surface area contributed by atoms with Gasteiger partial charge in [-0.2, -0.15) is 26.3 Å². The van der Waals surface area contributed by atoms with E-state index in [1.807, 2.05) is 0 Å². The summed E-state index contributed by atoms with van der Waals surface area (Å²) in [5.41, 5.74) is -2.64. The predicted molar refractivity (Wildman–Crippen MR) is 50.7 cm³/mol. The first-order chi connectivity index (χ1) is 8.85. The van der Waals surface area contributed by atoms with Crippen LogP contribution in [0.1, 0.15) is 12.8 Å². The molecule has 0 aromatic rings. The third-order valence-corrected chi connectivity index (χ3v) is 2.46.